The van der Waals surface area contributed by atoms with Crippen molar-refractivity contribution in [1.29, 1.82) is 0 Å². The molecule has 0 aromatic heterocycles. The highest BCUT2D eigenvalue weighted by molar-refractivity contribution is 5.71. The molecule has 460 valence electrons. The second-order valence-electron chi connectivity index (χ2n) is 21.3. The molecule has 0 spiro atoms. The second kappa shape index (κ2) is 68.3. The first-order valence-electron chi connectivity index (χ1n) is 33.1. The maximum absolute atomic E-state index is 12.9. The van der Waals surface area contributed by atoms with Crippen molar-refractivity contribution in [1.82, 2.24) is 0 Å². The molecule has 1 unspecified atom stereocenters. The van der Waals surface area contributed by atoms with Gasteiger partial charge >= 0.3 is 17.9 Å². The summed E-state index contributed by atoms with van der Waals surface area (Å²) in [6.45, 7) is 6.33. The number of allylic oxidation sites excluding steroid dienone is 28. The molecule has 0 rings (SSSR count). The van der Waals surface area contributed by atoms with Crippen molar-refractivity contribution in [2.24, 2.45) is 0 Å². The zero-order valence-corrected chi connectivity index (χ0v) is 52.7. The lowest BCUT2D eigenvalue weighted by atomic mass is 10.1. The molecule has 0 aliphatic carbocycles. The van der Waals surface area contributed by atoms with E-state index in [9.17, 15) is 14.4 Å². The van der Waals surface area contributed by atoms with Crippen LogP contribution in [0.25, 0.3) is 0 Å². The minimum absolute atomic E-state index is 0.108. The number of hydrogen-bond acceptors (Lipinski definition) is 6. The standard InChI is InChI=1S/C76H120O6/c1-4-7-10-13-16-19-22-25-27-29-31-33-34-35-36-37-38-39-40-41-42-44-45-47-49-51-54-57-60-63-66-69-75(78)81-72-73(71-80-74(77)68-65-62-59-56-53-24-21-18-15-12-9-6-3)82-76(79)70-67-64-61-58-55-52-50-48-46-43-32-30-28-26-23-20-17-14-11-8-5-2/h7-8,10-11,16-21,25-28,31-33,35-36,38-39,41-43,48,50,55,58,73H,4-6,9,12-15,22-24,29-30,34,37,40,44-47,49,51-54,56-57,59-72H2,1-3H3/b10-7-,11-8-,19-16-,20-17-,21-18-,27-25-,28-26-,33-31-,36-35-,39-38-,42-41-,43-32-,50-48-,58-55-. The van der Waals surface area contributed by atoms with Crippen molar-refractivity contribution in [2.75, 3.05) is 13.2 Å². The lowest BCUT2D eigenvalue weighted by Crippen LogP contribution is -2.30. The van der Waals surface area contributed by atoms with E-state index in [0.717, 1.165) is 154 Å². The Morgan fingerprint density at radius 2 is 0.476 bits per heavy atom. The molecule has 0 fully saturated rings. The molecule has 0 aliphatic rings. The predicted octanol–water partition coefficient (Wildman–Crippen LogP) is 23.0. The fourth-order valence-corrected chi connectivity index (χ4v) is 8.54. The summed E-state index contributed by atoms with van der Waals surface area (Å²) >= 11 is 0. The van der Waals surface area contributed by atoms with Crippen LogP contribution < -0.4 is 0 Å². The fourth-order valence-electron chi connectivity index (χ4n) is 8.54. The summed E-state index contributed by atoms with van der Waals surface area (Å²) in [6.07, 6.45) is 101. The van der Waals surface area contributed by atoms with Gasteiger partial charge in [0.1, 0.15) is 13.2 Å². The topological polar surface area (TPSA) is 78.9 Å². The Bertz CT molecular complexity index is 1870. The zero-order valence-electron chi connectivity index (χ0n) is 52.7. The first-order chi connectivity index (χ1) is 40.5. The van der Waals surface area contributed by atoms with Crippen molar-refractivity contribution < 1.29 is 28.6 Å². The van der Waals surface area contributed by atoms with E-state index in [1.165, 1.54) is 70.6 Å². The van der Waals surface area contributed by atoms with Gasteiger partial charge in [0.25, 0.3) is 0 Å². The molecule has 6 nitrogen and oxygen atoms in total. The van der Waals surface area contributed by atoms with E-state index in [-0.39, 0.29) is 37.5 Å². The minimum atomic E-state index is -0.817. The Kier molecular flexibility index (Phi) is 63.9. The highest BCUT2D eigenvalue weighted by Crippen LogP contribution is 2.14. The van der Waals surface area contributed by atoms with Crippen LogP contribution in [0.4, 0.5) is 0 Å². The van der Waals surface area contributed by atoms with Crippen LogP contribution in [0.2, 0.25) is 0 Å². The van der Waals surface area contributed by atoms with Crippen LogP contribution in [-0.2, 0) is 28.6 Å². The van der Waals surface area contributed by atoms with Gasteiger partial charge < -0.3 is 14.2 Å². The molecule has 0 saturated heterocycles. The summed E-state index contributed by atoms with van der Waals surface area (Å²) in [5.74, 6) is -0.971. The maximum Gasteiger partial charge on any atom is 0.306 e. The maximum atomic E-state index is 12.9. The molecule has 0 heterocycles. The van der Waals surface area contributed by atoms with E-state index in [0.29, 0.717) is 19.3 Å². The molecule has 0 aromatic rings. The van der Waals surface area contributed by atoms with Crippen molar-refractivity contribution in [3.05, 3.63) is 170 Å². The molecular formula is C76H120O6. The fraction of sp³-hybridized carbons (Fsp3) is 0.592. The number of hydrogen-bond donors (Lipinski definition) is 0. The van der Waals surface area contributed by atoms with Gasteiger partial charge in [0.05, 0.1) is 0 Å². The normalized spacial score (nSPS) is 13.3. The molecule has 1 atom stereocenters. The molecule has 0 aliphatic heterocycles. The zero-order chi connectivity index (χ0) is 59.2. The van der Waals surface area contributed by atoms with Gasteiger partial charge in [0.15, 0.2) is 6.10 Å². The van der Waals surface area contributed by atoms with E-state index < -0.39 is 6.10 Å². The molecule has 0 N–H and O–H groups in total. The highest BCUT2D eigenvalue weighted by Gasteiger charge is 2.19. The molecule has 0 saturated carbocycles. The van der Waals surface area contributed by atoms with Crippen LogP contribution in [-0.4, -0.2) is 37.2 Å². The summed E-state index contributed by atoms with van der Waals surface area (Å²) in [6, 6.07) is 0. The van der Waals surface area contributed by atoms with Crippen LogP contribution in [0.3, 0.4) is 0 Å². The monoisotopic (exact) mass is 1130 g/mol. The number of carbonyl (C=O) groups excluding carboxylic acids is 3. The third-order valence-corrected chi connectivity index (χ3v) is 13.4. The molecule has 0 radical (unpaired) electrons. The Labute approximate surface area is 504 Å². The Morgan fingerprint density at radius 3 is 0.780 bits per heavy atom. The van der Waals surface area contributed by atoms with Gasteiger partial charge in [-0.2, -0.15) is 0 Å². The number of esters is 3. The molecule has 82 heavy (non-hydrogen) atoms. The summed E-state index contributed by atoms with van der Waals surface area (Å²) in [5.41, 5.74) is 0. The van der Waals surface area contributed by atoms with Gasteiger partial charge in [-0.15, -0.1) is 0 Å². The summed E-state index contributed by atoms with van der Waals surface area (Å²) in [5, 5.41) is 0. The SMILES string of the molecule is CC/C=C\C/C=C\C/C=C\C/C=C\C/C=C\C/C=C\C/C=C\CCCCCCCCCCCC(=O)OCC(COC(=O)CCCCCCC/C=C\CCCCC)OC(=O)CCCC/C=C\C/C=C\C/C=C\C/C=C\C/C=C\C/C=C\CC. The van der Waals surface area contributed by atoms with Crippen molar-refractivity contribution in [3.63, 3.8) is 0 Å². The van der Waals surface area contributed by atoms with Crippen LogP contribution in [0.5, 0.6) is 0 Å². The molecule has 0 amide bonds. The number of rotatable bonds is 58. The smallest absolute Gasteiger partial charge is 0.306 e. The lowest BCUT2D eigenvalue weighted by molar-refractivity contribution is -0.167. The van der Waals surface area contributed by atoms with Crippen molar-refractivity contribution in [3.8, 4) is 0 Å². The first kappa shape index (κ1) is 76.8. The Balaban J connectivity index is 4.38. The van der Waals surface area contributed by atoms with E-state index >= 15 is 0 Å². The lowest BCUT2D eigenvalue weighted by Gasteiger charge is -2.18. The predicted molar refractivity (Wildman–Crippen MR) is 357 cm³/mol. The summed E-state index contributed by atoms with van der Waals surface area (Å²) in [4.78, 5) is 38.3. The second-order valence-corrected chi connectivity index (χ2v) is 21.3. The number of ether oxygens (including phenoxy) is 3. The Morgan fingerprint density at radius 1 is 0.256 bits per heavy atom. The van der Waals surface area contributed by atoms with Gasteiger partial charge in [-0.05, 0) is 154 Å². The number of carbonyl (C=O) groups is 3. The van der Waals surface area contributed by atoms with E-state index in [1.54, 1.807) is 0 Å². The van der Waals surface area contributed by atoms with Gasteiger partial charge in [0.2, 0.25) is 0 Å². The Hall–Kier alpha value is -5.23. The van der Waals surface area contributed by atoms with Crippen LogP contribution in [0.15, 0.2) is 170 Å². The first-order valence-corrected chi connectivity index (χ1v) is 33.1. The quantitative estimate of drug-likeness (QED) is 0.0261. The van der Waals surface area contributed by atoms with E-state index in [2.05, 4.69) is 191 Å². The van der Waals surface area contributed by atoms with Crippen LogP contribution >= 0.6 is 0 Å². The van der Waals surface area contributed by atoms with Crippen LogP contribution in [0, 0.1) is 0 Å². The summed E-state index contributed by atoms with van der Waals surface area (Å²) in [7, 11) is 0. The van der Waals surface area contributed by atoms with Gasteiger partial charge in [-0.3, -0.25) is 14.4 Å². The minimum Gasteiger partial charge on any atom is -0.462 e. The van der Waals surface area contributed by atoms with Gasteiger partial charge in [0, 0.05) is 19.3 Å². The van der Waals surface area contributed by atoms with E-state index in [1.807, 2.05) is 0 Å². The molecule has 6 heteroatoms. The summed E-state index contributed by atoms with van der Waals surface area (Å²) < 4.78 is 16.9. The van der Waals surface area contributed by atoms with Crippen molar-refractivity contribution in [2.45, 2.75) is 277 Å². The van der Waals surface area contributed by atoms with Gasteiger partial charge in [-0.25, -0.2) is 0 Å². The highest BCUT2D eigenvalue weighted by atomic mass is 16.6. The van der Waals surface area contributed by atoms with Crippen LogP contribution in [0.1, 0.15) is 271 Å². The third kappa shape index (κ3) is 65.6. The van der Waals surface area contributed by atoms with E-state index in [4.69, 9.17) is 14.2 Å². The number of unbranched alkanes of at least 4 members (excludes halogenated alkanes) is 19. The molecule has 0 bridgehead atoms. The molecule has 0 aromatic carbocycles. The average molecular weight is 1130 g/mol. The largest absolute Gasteiger partial charge is 0.462 e. The van der Waals surface area contributed by atoms with Gasteiger partial charge in [-0.1, -0.05) is 268 Å². The third-order valence-electron chi connectivity index (χ3n) is 13.4. The molecular weight excluding hydrogens is 1010 g/mol. The van der Waals surface area contributed by atoms with Crippen molar-refractivity contribution >= 4 is 17.9 Å². The average Bonchev–Trinajstić information content (AvgIpc) is 3.47.